The summed E-state index contributed by atoms with van der Waals surface area (Å²) in [7, 11) is 0. The first-order chi connectivity index (χ1) is 3.68. The summed E-state index contributed by atoms with van der Waals surface area (Å²) in [4.78, 5) is 0. The Morgan fingerprint density at radius 3 is 1.25 bits per heavy atom. The van der Waals surface area contributed by atoms with Crippen molar-refractivity contribution in [3.8, 4) is 0 Å². The molecule has 0 radical (unpaired) electrons. The third-order valence-electron chi connectivity index (χ3n) is 0.773. The van der Waals surface area contributed by atoms with Gasteiger partial charge in [0.2, 0.25) is 0 Å². The minimum Gasteiger partial charge on any atom is -0.391 e. The van der Waals surface area contributed by atoms with Crippen molar-refractivity contribution in [3.63, 3.8) is 0 Å². The average Bonchev–Trinajstić information content (AvgIpc) is 1.87. The van der Waals surface area contributed by atoms with E-state index < -0.39 is 6.04 Å². The van der Waals surface area contributed by atoms with Gasteiger partial charge in [0.15, 0.2) is 0 Å². The second kappa shape index (κ2) is 3.54. The lowest BCUT2D eigenvalue weighted by atomic mass is 11.6. The molecule has 8 heavy (non-hydrogen) atoms. The van der Waals surface area contributed by atoms with Gasteiger partial charge in [-0.25, -0.2) is 0 Å². The molecule has 0 aliphatic carbocycles. The summed E-state index contributed by atoms with van der Waals surface area (Å²) in [5, 5.41) is 25.2. The minimum atomic E-state index is -2.16. The number of aliphatic hydroxyl groups excluding tert-OH is 3. The van der Waals surface area contributed by atoms with Gasteiger partial charge in [0.25, 0.3) is 0 Å². The van der Waals surface area contributed by atoms with E-state index in [1.807, 2.05) is 0 Å². The first-order valence-electron chi connectivity index (χ1n) is 2.08. The smallest absolute Gasteiger partial charge is 0.0758 e. The predicted molar refractivity (Wildman–Crippen MR) is 35.5 cm³/mol. The van der Waals surface area contributed by atoms with Gasteiger partial charge in [0.05, 0.1) is 19.0 Å². The third kappa shape index (κ3) is 2.20. The molecule has 0 atom stereocenters. The van der Waals surface area contributed by atoms with Crippen LogP contribution in [0.1, 0.15) is 0 Å². The van der Waals surface area contributed by atoms with E-state index in [0.29, 0.717) is 0 Å². The largest absolute Gasteiger partial charge is 0.391 e. The Hall–Kier alpha value is 0.530. The van der Waals surface area contributed by atoms with E-state index in [1.165, 1.54) is 0 Å². The van der Waals surface area contributed by atoms with Crippen molar-refractivity contribution in [1.29, 1.82) is 0 Å². The van der Waals surface area contributed by atoms with E-state index in [2.05, 4.69) is 11.8 Å². The molecule has 0 saturated carbocycles. The standard InChI is InChI=1S/C3H9O3PS/c4-1-7(8,2-5)3-6/h4-6H,1-3H2. The van der Waals surface area contributed by atoms with Gasteiger partial charge in [0.1, 0.15) is 0 Å². The molecule has 3 N–H and O–H groups in total. The summed E-state index contributed by atoms with van der Waals surface area (Å²) in [5.41, 5.74) is 0. The van der Waals surface area contributed by atoms with Crippen LogP contribution in [0.3, 0.4) is 0 Å². The molecule has 0 amide bonds. The summed E-state index contributed by atoms with van der Waals surface area (Å²) in [6.45, 7) is 0. The molecule has 50 valence electrons. The molecular formula is C3H9O3PS. The number of aliphatic hydroxyl groups is 3. The van der Waals surface area contributed by atoms with Gasteiger partial charge in [-0.15, -0.1) is 0 Å². The molecule has 0 rings (SSSR count). The van der Waals surface area contributed by atoms with Crippen molar-refractivity contribution in [2.45, 2.75) is 0 Å². The van der Waals surface area contributed by atoms with Crippen molar-refractivity contribution in [1.82, 2.24) is 0 Å². The molecule has 0 aliphatic rings. The molecule has 0 aliphatic heterocycles. The Labute approximate surface area is 53.0 Å². The van der Waals surface area contributed by atoms with E-state index >= 15 is 0 Å². The monoisotopic (exact) mass is 156 g/mol. The number of hydrogen-bond acceptors (Lipinski definition) is 4. The lowest BCUT2D eigenvalue weighted by Crippen LogP contribution is -1.96. The van der Waals surface area contributed by atoms with Crippen LogP contribution < -0.4 is 0 Å². The first-order valence-corrected chi connectivity index (χ1v) is 5.44. The lowest BCUT2D eigenvalue weighted by Gasteiger charge is -2.10. The van der Waals surface area contributed by atoms with Crippen LogP contribution in [0.15, 0.2) is 0 Å². The van der Waals surface area contributed by atoms with Crippen molar-refractivity contribution >= 4 is 17.8 Å². The van der Waals surface area contributed by atoms with E-state index in [4.69, 9.17) is 15.3 Å². The average molecular weight is 156 g/mol. The minimum absolute atomic E-state index is 0.255. The molecule has 0 aromatic heterocycles. The highest BCUT2D eigenvalue weighted by atomic mass is 32.4. The molecule has 0 heterocycles. The van der Waals surface area contributed by atoms with E-state index in [1.54, 1.807) is 0 Å². The fraction of sp³-hybridized carbons (Fsp3) is 1.00. The molecular weight excluding hydrogens is 147 g/mol. The number of hydrogen-bond donors (Lipinski definition) is 3. The molecule has 0 bridgehead atoms. The van der Waals surface area contributed by atoms with Crippen LogP contribution in [-0.2, 0) is 11.8 Å². The van der Waals surface area contributed by atoms with Crippen LogP contribution in [0.5, 0.6) is 0 Å². The Bertz CT molecular complexity index is 85.7. The quantitative estimate of drug-likeness (QED) is 0.473. The maximum atomic E-state index is 8.41. The van der Waals surface area contributed by atoms with Crippen LogP contribution >= 0.6 is 6.04 Å². The summed E-state index contributed by atoms with van der Waals surface area (Å²) in [6, 6.07) is -2.16. The SMILES string of the molecule is OCP(=S)(CO)CO. The fourth-order valence-corrected chi connectivity index (χ4v) is 0.402. The summed E-state index contributed by atoms with van der Waals surface area (Å²) < 4.78 is 0. The lowest BCUT2D eigenvalue weighted by molar-refractivity contribution is 0.318. The van der Waals surface area contributed by atoms with Gasteiger partial charge in [-0.2, -0.15) is 0 Å². The Balaban J connectivity index is 3.79. The molecule has 0 fully saturated rings. The fourth-order valence-electron chi connectivity index (χ4n) is 0.134. The third-order valence-corrected chi connectivity index (χ3v) is 3.36. The van der Waals surface area contributed by atoms with Gasteiger partial charge >= 0.3 is 0 Å². The van der Waals surface area contributed by atoms with Crippen LogP contribution in [0.2, 0.25) is 0 Å². The molecule has 0 saturated heterocycles. The molecule has 3 nitrogen and oxygen atoms in total. The maximum absolute atomic E-state index is 8.41. The van der Waals surface area contributed by atoms with Crippen LogP contribution in [0.25, 0.3) is 0 Å². The number of rotatable bonds is 3. The van der Waals surface area contributed by atoms with E-state index in [9.17, 15) is 0 Å². The molecule has 0 unspecified atom stereocenters. The van der Waals surface area contributed by atoms with Gasteiger partial charge in [-0.05, 0) is 0 Å². The van der Waals surface area contributed by atoms with Crippen LogP contribution in [0, 0.1) is 0 Å². The Morgan fingerprint density at radius 2 is 1.25 bits per heavy atom. The zero-order valence-corrected chi connectivity index (χ0v) is 6.03. The highest BCUT2D eigenvalue weighted by Gasteiger charge is 2.11. The topological polar surface area (TPSA) is 60.7 Å². The van der Waals surface area contributed by atoms with E-state index in [0.717, 1.165) is 0 Å². The van der Waals surface area contributed by atoms with Crippen molar-refractivity contribution in [2.75, 3.05) is 19.0 Å². The maximum Gasteiger partial charge on any atom is 0.0758 e. The highest BCUT2D eigenvalue weighted by molar-refractivity contribution is 8.14. The molecule has 5 heteroatoms. The Kier molecular flexibility index (Phi) is 3.77. The molecule has 0 spiro atoms. The molecule has 0 aromatic rings. The summed E-state index contributed by atoms with van der Waals surface area (Å²) in [6.07, 6.45) is -0.764. The zero-order valence-electron chi connectivity index (χ0n) is 4.32. The van der Waals surface area contributed by atoms with Crippen molar-refractivity contribution in [2.24, 2.45) is 0 Å². The predicted octanol–water partition coefficient (Wildman–Crippen LogP) is -0.685. The van der Waals surface area contributed by atoms with Gasteiger partial charge in [-0.3, -0.25) is 0 Å². The van der Waals surface area contributed by atoms with Gasteiger partial charge < -0.3 is 15.3 Å². The van der Waals surface area contributed by atoms with Crippen LogP contribution in [-0.4, -0.2) is 34.4 Å². The van der Waals surface area contributed by atoms with E-state index in [-0.39, 0.29) is 19.0 Å². The van der Waals surface area contributed by atoms with Gasteiger partial charge in [-0.1, -0.05) is 11.8 Å². The van der Waals surface area contributed by atoms with Crippen molar-refractivity contribution < 1.29 is 15.3 Å². The normalized spacial score (nSPS) is 11.9. The summed E-state index contributed by atoms with van der Waals surface area (Å²) >= 11 is 4.67. The highest BCUT2D eigenvalue weighted by Crippen LogP contribution is 2.41. The molecule has 0 aromatic carbocycles. The zero-order chi connectivity index (χ0) is 6.62. The second-order valence-corrected chi connectivity index (χ2v) is 6.77. The second-order valence-electron chi connectivity index (χ2n) is 1.48. The van der Waals surface area contributed by atoms with Crippen LogP contribution in [0.4, 0.5) is 0 Å². The summed E-state index contributed by atoms with van der Waals surface area (Å²) in [5.74, 6) is 0. The first kappa shape index (κ1) is 8.53. The van der Waals surface area contributed by atoms with Crippen molar-refractivity contribution in [3.05, 3.63) is 0 Å². The Morgan fingerprint density at radius 1 is 1.00 bits per heavy atom. The van der Waals surface area contributed by atoms with Gasteiger partial charge in [0, 0.05) is 6.04 Å².